The van der Waals surface area contributed by atoms with Crippen LogP contribution in [0, 0.1) is 11.8 Å². The number of ether oxygens (including phenoxy) is 4. The standard InChI is InChI=1S/C71H138O17P2/c1-7-10-12-14-15-36-43-49-55-70(75)87-66(59-81-68(73)53-47-39-13-11-8-2)61-85-89(77,78)83-57-65(72)58-84-90(79,80)86-62-67(60-82-69(74)54-48-42-37-32-28-25-24-26-30-34-40-45-51-63(4)5)88-71(76)56-50-44-38-33-29-23-21-19-17-16-18-20-22-27-31-35-41-46-52-64(6)9-3/h63-67,72H,7-62H2,1-6H3,(H,77,78)(H,79,80)/t64?,65-,66+,67+/m0/s1. The van der Waals surface area contributed by atoms with Gasteiger partial charge in [-0.25, -0.2) is 9.13 Å². The van der Waals surface area contributed by atoms with Crippen LogP contribution in [0.3, 0.4) is 0 Å². The monoisotopic (exact) mass is 1320 g/mol. The second-order valence-corrected chi connectivity index (χ2v) is 29.3. The molecule has 0 bridgehead atoms. The van der Waals surface area contributed by atoms with E-state index < -0.39 is 97.5 Å². The Morgan fingerprint density at radius 1 is 0.322 bits per heavy atom. The summed E-state index contributed by atoms with van der Waals surface area (Å²) in [5.41, 5.74) is 0. The molecule has 0 radical (unpaired) electrons. The van der Waals surface area contributed by atoms with E-state index in [0.717, 1.165) is 115 Å². The normalized spacial score (nSPS) is 14.4. The zero-order chi connectivity index (χ0) is 66.5. The van der Waals surface area contributed by atoms with Crippen LogP contribution < -0.4 is 0 Å². The molecule has 0 aromatic carbocycles. The fourth-order valence-electron chi connectivity index (χ4n) is 10.7. The van der Waals surface area contributed by atoms with Crippen LogP contribution in [0.25, 0.3) is 0 Å². The van der Waals surface area contributed by atoms with Crippen molar-refractivity contribution in [3.8, 4) is 0 Å². The number of esters is 4. The number of unbranched alkanes of at least 4 members (excludes halogenated alkanes) is 39. The lowest BCUT2D eigenvalue weighted by atomic mass is 9.99. The SMILES string of the molecule is CCCCCCCCCCC(=O)O[C@H](COC(=O)CCCCCCC)COP(=O)(O)OC[C@H](O)COP(=O)(O)OC[C@@H](COC(=O)CCCCCCCCCCCCCCC(C)C)OC(=O)CCCCCCCCCCCCCCCCCCCCC(C)CC. The van der Waals surface area contributed by atoms with E-state index in [4.69, 9.17) is 37.0 Å². The number of phosphoric acid groups is 2. The smallest absolute Gasteiger partial charge is 0.462 e. The maximum atomic E-state index is 13.0. The molecule has 0 amide bonds. The Kier molecular flexibility index (Phi) is 61.8. The molecule has 0 saturated carbocycles. The molecule has 0 spiro atoms. The third kappa shape index (κ3) is 63.5. The number of carbonyl (C=O) groups excluding carboxylic acids is 4. The molecule has 90 heavy (non-hydrogen) atoms. The maximum Gasteiger partial charge on any atom is 0.472 e. The highest BCUT2D eigenvalue weighted by Crippen LogP contribution is 2.45. The topological polar surface area (TPSA) is 237 Å². The Balaban J connectivity index is 5.09. The molecule has 3 N–H and O–H groups in total. The van der Waals surface area contributed by atoms with Crippen molar-refractivity contribution in [1.82, 2.24) is 0 Å². The van der Waals surface area contributed by atoms with Crippen molar-refractivity contribution in [3.63, 3.8) is 0 Å². The van der Waals surface area contributed by atoms with Gasteiger partial charge in [0.2, 0.25) is 0 Å². The third-order valence-electron chi connectivity index (χ3n) is 16.8. The van der Waals surface area contributed by atoms with Gasteiger partial charge in [-0.2, -0.15) is 0 Å². The van der Waals surface area contributed by atoms with Crippen LogP contribution in [0.15, 0.2) is 0 Å². The summed E-state index contributed by atoms with van der Waals surface area (Å²) in [5.74, 6) is -0.485. The van der Waals surface area contributed by atoms with Gasteiger partial charge in [0.1, 0.15) is 19.3 Å². The van der Waals surface area contributed by atoms with E-state index in [-0.39, 0.29) is 25.7 Å². The lowest BCUT2D eigenvalue weighted by molar-refractivity contribution is -0.161. The molecule has 6 atom stereocenters. The number of hydrogen-bond acceptors (Lipinski definition) is 15. The number of aliphatic hydroxyl groups is 1. The minimum absolute atomic E-state index is 0.104. The summed E-state index contributed by atoms with van der Waals surface area (Å²) < 4.78 is 68.0. The molecule has 0 heterocycles. The molecule has 0 aromatic heterocycles. The number of phosphoric ester groups is 2. The summed E-state index contributed by atoms with van der Waals surface area (Å²) in [7, 11) is -9.89. The maximum absolute atomic E-state index is 13.0. The summed E-state index contributed by atoms with van der Waals surface area (Å²) in [4.78, 5) is 72.1. The molecule has 0 aliphatic carbocycles. The van der Waals surface area contributed by atoms with Gasteiger partial charge in [-0.3, -0.25) is 37.3 Å². The molecule has 17 nitrogen and oxygen atoms in total. The molecule has 0 aromatic rings. The Morgan fingerprint density at radius 2 is 0.567 bits per heavy atom. The quantitative estimate of drug-likeness (QED) is 0.0222. The summed E-state index contributed by atoms with van der Waals surface area (Å²) >= 11 is 0. The van der Waals surface area contributed by atoms with E-state index >= 15 is 0 Å². The van der Waals surface area contributed by atoms with Crippen molar-refractivity contribution in [1.29, 1.82) is 0 Å². The van der Waals surface area contributed by atoms with Crippen LogP contribution >= 0.6 is 15.6 Å². The minimum Gasteiger partial charge on any atom is -0.462 e. The van der Waals surface area contributed by atoms with Gasteiger partial charge in [-0.15, -0.1) is 0 Å². The summed E-state index contributed by atoms with van der Waals surface area (Å²) in [6, 6.07) is 0. The van der Waals surface area contributed by atoms with E-state index in [1.54, 1.807) is 0 Å². The van der Waals surface area contributed by atoms with Crippen LogP contribution in [0.4, 0.5) is 0 Å². The van der Waals surface area contributed by atoms with Gasteiger partial charge in [-0.05, 0) is 37.5 Å². The second-order valence-electron chi connectivity index (χ2n) is 26.3. The molecule has 3 unspecified atom stereocenters. The number of rotatable bonds is 70. The van der Waals surface area contributed by atoms with Gasteiger partial charge in [0.05, 0.1) is 26.4 Å². The predicted molar refractivity (Wildman–Crippen MR) is 363 cm³/mol. The van der Waals surface area contributed by atoms with Crippen molar-refractivity contribution in [2.24, 2.45) is 11.8 Å². The van der Waals surface area contributed by atoms with Crippen LogP contribution in [-0.4, -0.2) is 96.7 Å². The van der Waals surface area contributed by atoms with Crippen molar-refractivity contribution in [2.75, 3.05) is 39.6 Å². The molecule has 0 aliphatic rings. The van der Waals surface area contributed by atoms with Crippen LogP contribution in [-0.2, 0) is 65.4 Å². The number of aliphatic hydroxyl groups excluding tert-OH is 1. The summed E-state index contributed by atoms with van der Waals surface area (Å²) in [5, 5.41) is 10.5. The van der Waals surface area contributed by atoms with Crippen molar-refractivity contribution < 1.29 is 80.2 Å². The largest absolute Gasteiger partial charge is 0.472 e. The first-order valence-electron chi connectivity index (χ1n) is 37.0. The van der Waals surface area contributed by atoms with Gasteiger partial charge in [-0.1, -0.05) is 311 Å². The Morgan fingerprint density at radius 3 is 0.844 bits per heavy atom. The van der Waals surface area contributed by atoms with E-state index in [0.29, 0.717) is 25.7 Å². The van der Waals surface area contributed by atoms with Gasteiger partial charge < -0.3 is 33.8 Å². The van der Waals surface area contributed by atoms with Crippen LogP contribution in [0.2, 0.25) is 0 Å². The second kappa shape index (κ2) is 63.1. The first kappa shape index (κ1) is 88.1. The number of hydrogen-bond donors (Lipinski definition) is 3. The molecule has 19 heteroatoms. The highest BCUT2D eigenvalue weighted by atomic mass is 31.2. The van der Waals surface area contributed by atoms with Gasteiger partial charge >= 0.3 is 39.5 Å². The minimum atomic E-state index is -4.95. The Labute approximate surface area is 549 Å². The predicted octanol–water partition coefficient (Wildman–Crippen LogP) is 20.4. The lowest BCUT2D eigenvalue weighted by Gasteiger charge is -2.21. The first-order valence-corrected chi connectivity index (χ1v) is 40.0. The molecular formula is C71H138O17P2. The van der Waals surface area contributed by atoms with E-state index in [9.17, 15) is 43.2 Å². The summed E-state index contributed by atoms with van der Waals surface area (Å²) in [6.07, 6.45) is 49.1. The molecular weight excluding hydrogens is 1190 g/mol. The van der Waals surface area contributed by atoms with Crippen LogP contribution in [0.1, 0.15) is 363 Å². The van der Waals surface area contributed by atoms with Gasteiger partial charge in [0, 0.05) is 25.7 Å². The Hall–Kier alpha value is -1.94. The zero-order valence-electron chi connectivity index (χ0n) is 58.4. The highest BCUT2D eigenvalue weighted by Gasteiger charge is 2.30. The fourth-order valence-corrected chi connectivity index (χ4v) is 12.3. The molecule has 0 saturated heterocycles. The number of carbonyl (C=O) groups is 4. The third-order valence-corrected chi connectivity index (χ3v) is 18.7. The lowest BCUT2D eigenvalue weighted by Crippen LogP contribution is -2.30. The Bertz CT molecular complexity index is 1750. The molecule has 0 aliphatic heterocycles. The fraction of sp³-hybridized carbons (Fsp3) is 0.944. The van der Waals surface area contributed by atoms with Crippen LogP contribution in [0.5, 0.6) is 0 Å². The molecule has 534 valence electrons. The molecule has 0 fully saturated rings. The average molecular weight is 1330 g/mol. The van der Waals surface area contributed by atoms with Gasteiger partial charge in [0.15, 0.2) is 12.2 Å². The summed E-state index contributed by atoms with van der Waals surface area (Å²) in [6.45, 7) is 9.51. The van der Waals surface area contributed by atoms with Crippen molar-refractivity contribution in [2.45, 2.75) is 381 Å². The van der Waals surface area contributed by atoms with Crippen molar-refractivity contribution in [3.05, 3.63) is 0 Å². The van der Waals surface area contributed by atoms with Gasteiger partial charge in [0.25, 0.3) is 0 Å². The zero-order valence-corrected chi connectivity index (χ0v) is 60.2. The first-order chi connectivity index (χ1) is 43.4. The van der Waals surface area contributed by atoms with E-state index in [2.05, 4.69) is 41.5 Å². The average Bonchev–Trinajstić information content (AvgIpc) is 3.15. The van der Waals surface area contributed by atoms with E-state index in [1.807, 2.05) is 0 Å². The van der Waals surface area contributed by atoms with Crippen molar-refractivity contribution >= 4 is 39.5 Å². The highest BCUT2D eigenvalue weighted by molar-refractivity contribution is 7.47. The van der Waals surface area contributed by atoms with E-state index in [1.165, 1.54) is 167 Å². The molecule has 0 rings (SSSR count).